The van der Waals surface area contributed by atoms with Crippen LogP contribution in [0.15, 0.2) is 58.5 Å². The number of amides is 2. The lowest BCUT2D eigenvalue weighted by Crippen LogP contribution is -2.28. The summed E-state index contributed by atoms with van der Waals surface area (Å²) >= 11 is 1.37. The molecular weight excluding hydrogens is 424 g/mol. The van der Waals surface area contributed by atoms with Crippen molar-refractivity contribution in [2.75, 3.05) is 23.0 Å². The molecule has 0 aliphatic carbocycles. The number of aryl methyl sites for hydroxylation is 1. The number of fused-ring (bicyclic) bond motifs is 1. The quantitative estimate of drug-likeness (QED) is 0.444. The van der Waals surface area contributed by atoms with Crippen LogP contribution in [0.5, 0.6) is 0 Å². The molecular formula is C24H24N4O3S. The van der Waals surface area contributed by atoms with Gasteiger partial charge in [0.15, 0.2) is 5.16 Å². The van der Waals surface area contributed by atoms with Crippen LogP contribution >= 0.6 is 11.8 Å². The van der Waals surface area contributed by atoms with Crippen molar-refractivity contribution in [3.8, 4) is 0 Å². The molecule has 0 unspecified atom stereocenters. The Balaban J connectivity index is 1.36. The number of H-pyrrole nitrogens is 1. The molecule has 1 aliphatic heterocycles. The van der Waals surface area contributed by atoms with Crippen molar-refractivity contribution in [2.24, 2.45) is 0 Å². The van der Waals surface area contributed by atoms with E-state index < -0.39 is 0 Å². The van der Waals surface area contributed by atoms with Gasteiger partial charge in [-0.1, -0.05) is 30.0 Å². The van der Waals surface area contributed by atoms with Gasteiger partial charge in [0.05, 0.1) is 0 Å². The summed E-state index contributed by atoms with van der Waals surface area (Å²) in [6.45, 7) is 2.44. The summed E-state index contributed by atoms with van der Waals surface area (Å²) in [6.07, 6.45) is 3.16. The lowest BCUT2D eigenvalue weighted by atomic mass is 10.1. The van der Waals surface area contributed by atoms with Crippen molar-refractivity contribution < 1.29 is 9.59 Å². The van der Waals surface area contributed by atoms with Gasteiger partial charge in [-0.25, -0.2) is 4.98 Å². The van der Waals surface area contributed by atoms with Gasteiger partial charge < -0.3 is 15.2 Å². The van der Waals surface area contributed by atoms with E-state index in [1.54, 1.807) is 36.1 Å². The minimum Gasteiger partial charge on any atom is -0.326 e. The van der Waals surface area contributed by atoms with Gasteiger partial charge in [0.1, 0.15) is 0 Å². The third-order valence-corrected chi connectivity index (χ3v) is 6.12. The molecule has 7 nitrogen and oxygen atoms in total. The number of nitrogens with one attached hydrogen (secondary N) is 2. The van der Waals surface area contributed by atoms with Gasteiger partial charge in [-0.05, 0) is 61.9 Å². The topological polar surface area (TPSA) is 95.2 Å². The zero-order chi connectivity index (χ0) is 22.7. The lowest BCUT2D eigenvalue weighted by Gasteiger charge is -2.17. The van der Waals surface area contributed by atoms with Crippen molar-refractivity contribution in [2.45, 2.75) is 31.3 Å². The first-order valence-electron chi connectivity index (χ1n) is 10.4. The summed E-state index contributed by atoms with van der Waals surface area (Å²) in [7, 11) is 0. The highest BCUT2D eigenvalue weighted by molar-refractivity contribution is 7.98. The number of hydrogen-bond acceptors (Lipinski definition) is 5. The largest absolute Gasteiger partial charge is 0.326 e. The van der Waals surface area contributed by atoms with Crippen LogP contribution in [0.1, 0.15) is 33.6 Å². The smallest absolute Gasteiger partial charge is 0.258 e. The van der Waals surface area contributed by atoms with E-state index in [0.717, 1.165) is 12.1 Å². The monoisotopic (exact) mass is 448 g/mol. The number of thioether (sulfide) groups is 1. The summed E-state index contributed by atoms with van der Waals surface area (Å²) in [5.74, 6) is -0.256. The molecule has 164 valence electrons. The van der Waals surface area contributed by atoms with Crippen LogP contribution in [0.2, 0.25) is 0 Å². The van der Waals surface area contributed by atoms with Gasteiger partial charge in [0, 0.05) is 41.2 Å². The number of anilines is 2. The number of carbonyl (C=O) groups excluding carboxylic acids is 2. The molecule has 4 rings (SSSR count). The van der Waals surface area contributed by atoms with Crippen LogP contribution in [0.3, 0.4) is 0 Å². The molecule has 0 saturated carbocycles. The highest BCUT2D eigenvalue weighted by atomic mass is 32.2. The Labute approximate surface area is 190 Å². The molecule has 2 aromatic carbocycles. The number of aromatic nitrogens is 2. The second kappa shape index (κ2) is 9.40. The summed E-state index contributed by atoms with van der Waals surface area (Å²) in [5, 5.41) is 3.39. The van der Waals surface area contributed by atoms with Gasteiger partial charge in [0.25, 0.3) is 11.5 Å². The molecule has 3 aromatic rings. The van der Waals surface area contributed by atoms with Crippen LogP contribution in [0.25, 0.3) is 0 Å². The van der Waals surface area contributed by atoms with Gasteiger partial charge in [-0.3, -0.25) is 14.4 Å². The average Bonchev–Trinajstić information content (AvgIpc) is 3.22. The van der Waals surface area contributed by atoms with E-state index >= 15 is 0 Å². The first kappa shape index (κ1) is 21.8. The van der Waals surface area contributed by atoms with Crippen molar-refractivity contribution >= 4 is 35.0 Å². The van der Waals surface area contributed by atoms with Crippen LogP contribution in [0.4, 0.5) is 11.4 Å². The normalized spacial score (nSPS) is 12.5. The van der Waals surface area contributed by atoms with Crippen LogP contribution in [-0.2, 0) is 17.6 Å². The SMILES string of the molecule is CSc1nc(C)c(CCC(=O)Nc2ccc(C(=O)N3CCc4ccccc43)cc2)c(=O)[nH]1. The van der Waals surface area contributed by atoms with Gasteiger partial charge in [0.2, 0.25) is 5.91 Å². The van der Waals surface area contributed by atoms with Crippen molar-refractivity contribution in [1.82, 2.24) is 9.97 Å². The molecule has 1 aromatic heterocycles. The molecule has 2 amide bonds. The molecule has 8 heteroatoms. The fraction of sp³-hybridized carbons (Fsp3) is 0.250. The molecule has 2 N–H and O–H groups in total. The first-order valence-corrected chi connectivity index (χ1v) is 11.6. The predicted octanol–water partition coefficient (Wildman–Crippen LogP) is 3.57. The Bertz CT molecular complexity index is 1220. The molecule has 0 bridgehead atoms. The Morgan fingerprint density at radius 1 is 1.16 bits per heavy atom. The van der Waals surface area contributed by atoms with Crippen LogP contribution in [0, 0.1) is 6.92 Å². The van der Waals surface area contributed by atoms with E-state index in [2.05, 4.69) is 15.3 Å². The summed E-state index contributed by atoms with van der Waals surface area (Å²) < 4.78 is 0. The number of hydrogen-bond donors (Lipinski definition) is 2. The number of nitrogens with zero attached hydrogens (tertiary/aromatic N) is 2. The first-order chi connectivity index (χ1) is 15.5. The number of para-hydroxylation sites is 1. The summed E-state index contributed by atoms with van der Waals surface area (Å²) in [4.78, 5) is 46.3. The van der Waals surface area contributed by atoms with Gasteiger partial charge in [-0.15, -0.1) is 0 Å². The molecule has 32 heavy (non-hydrogen) atoms. The maximum Gasteiger partial charge on any atom is 0.258 e. The molecule has 0 saturated heterocycles. The second-order valence-electron chi connectivity index (χ2n) is 7.60. The van der Waals surface area contributed by atoms with Crippen molar-refractivity contribution in [3.05, 3.63) is 81.3 Å². The Hall–Kier alpha value is -3.39. The maximum absolute atomic E-state index is 12.9. The number of carbonyl (C=O) groups is 2. The average molecular weight is 449 g/mol. The Kier molecular flexibility index (Phi) is 6.41. The van der Waals surface area contributed by atoms with E-state index in [1.807, 2.05) is 30.5 Å². The minimum atomic E-state index is -0.207. The number of aromatic amines is 1. The molecule has 1 aliphatic rings. The molecule has 0 radical (unpaired) electrons. The highest BCUT2D eigenvalue weighted by Gasteiger charge is 2.25. The highest BCUT2D eigenvalue weighted by Crippen LogP contribution is 2.29. The van der Waals surface area contributed by atoms with Crippen LogP contribution in [-0.4, -0.2) is 34.6 Å². The maximum atomic E-state index is 12.9. The third-order valence-electron chi connectivity index (χ3n) is 5.54. The van der Waals surface area contributed by atoms with E-state index in [9.17, 15) is 14.4 Å². The molecule has 0 fully saturated rings. The Morgan fingerprint density at radius 2 is 1.91 bits per heavy atom. The molecule has 0 atom stereocenters. The van der Waals surface area contributed by atoms with Gasteiger partial charge in [-0.2, -0.15) is 0 Å². The fourth-order valence-electron chi connectivity index (χ4n) is 3.84. The van der Waals surface area contributed by atoms with Crippen LogP contribution < -0.4 is 15.8 Å². The predicted molar refractivity (Wildman–Crippen MR) is 127 cm³/mol. The second-order valence-corrected chi connectivity index (χ2v) is 8.40. The van der Waals surface area contributed by atoms with Gasteiger partial charge >= 0.3 is 0 Å². The van der Waals surface area contributed by atoms with E-state index in [4.69, 9.17) is 0 Å². The van der Waals surface area contributed by atoms with Crippen molar-refractivity contribution in [1.29, 1.82) is 0 Å². The molecule has 2 heterocycles. The lowest BCUT2D eigenvalue weighted by molar-refractivity contribution is -0.116. The standard InChI is InChI=1S/C24H24N4O3S/c1-15-19(22(30)27-24(25-15)32-2)11-12-21(29)26-18-9-7-17(8-10-18)23(31)28-14-13-16-5-3-4-6-20(16)28/h3-10H,11-14H2,1-2H3,(H,26,29)(H,25,27,30). The zero-order valence-electron chi connectivity index (χ0n) is 18.0. The number of benzene rings is 2. The third kappa shape index (κ3) is 4.60. The van der Waals surface area contributed by atoms with E-state index in [1.165, 1.54) is 17.3 Å². The van der Waals surface area contributed by atoms with Crippen molar-refractivity contribution in [3.63, 3.8) is 0 Å². The minimum absolute atomic E-state index is 0.0521. The van der Waals surface area contributed by atoms with E-state index in [0.29, 0.717) is 40.6 Å². The molecule has 0 spiro atoms. The van der Waals surface area contributed by atoms with E-state index in [-0.39, 0.29) is 23.8 Å². The summed E-state index contributed by atoms with van der Waals surface area (Å²) in [5.41, 5.74) is 4.26. The Morgan fingerprint density at radius 3 is 2.62 bits per heavy atom. The number of rotatable bonds is 6. The summed E-state index contributed by atoms with van der Waals surface area (Å²) in [6, 6.07) is 14.8. The zero-order valence-corrected chi connectivity index (χ0v) is 18.8. The fourth-order valence-corrected chi connectivity index (χ4v) is 4.26.